The molecule has 1 rings (SSSR count). The second kappa shape index (κ2) is 7.02. The zero-order chi connectivity index (χ0) is 16.2. The van der Waals surface area contributed by atoms with E-state index in [-0.39, 0.29) is 11.8 Å². The molecule has 21 heavy (non-hydrogen) atoms. The van der Waals surface area contributed by atoms with Crippen LogP contribution in [0.3, 0.4) is 0 Å². The van der Waals surface area contributed by atoms with Crippen LogP contribution in [0.2, 0.25) is 10.0 Å². The first-order valence-electron chi connectivity index (χ1n) is 6.54. The van der Waals surface area contributed by atoms with Gasteiger partial charge in [-0.2, -0.15) is 5.26 Å². The predicted octanol–water partition coefficient (Wildman–Crippen LogP) is 3.82. The molecule has 0 radical (unpaired) electrons. The molecule has 0 heterocycles. The third-order valence-corrected chi connectivity index (χ3v) is 3.87. The lowest BCUT2D eigenvalue weighted by atomic mass is 9.90. The monoisotopic (exact) mass is 328 g/mol. The van der Waals surface area contributed by atoms with E-state index in [0.717, 1.165) is 0 Å². The summed E-state index contributed by atoms with van der Waals surface area (Å²) in [5.41, 5.74) is -0.946. The Hall–Kier alpha value is -1.44. The number of hydrogen-bond donors (Lipinski definition) is 1. The minimum Gasteiger partial charge on any atom is -0.479 e. The fourth-order valence-corrected chi connectivity index (χ4v) is 1.93. The van der Waals surface area contributed by atoms with Gasteiger partial charge in [-0.15, -0.1) is 0 Å². The van der Waals surface area contributed by atoms with Gasteiger partial charge < -0.3 is 10.1 Å². The second-order valence-electron chi connectivity index (χ2n) is 5.29. The Morgan fingerprint density at radius 2 is 2.00 bits per heavy atom. The minimum atomic E-state index is -0.946. The van der Waals surface area contributed by atoms with Crippen molar-refractivity contribution in [3.05, 3.63) is 28.2 Å². The lowest BCUT2D eigenvalue weighted by Gasteiger charge is -2.28. The number of carbonyl (C=O) groups excluding carboxylic acids is 1. The minimum absolute atomic E-state index is 0.0298. The van der Waals surface area contributed by atoms with Crippen LogP contribution in [0, 0.1) is 17.2 Å². The van der Waals surface area contributed by atoms with E-state index < -0.39 is 11.6 Å². The molecule has 4 nitrogen and oxygen atoms in total. The van der Waals surface area contributed by atoms with Crippen molar-refractivity contribution in [3.63, 3.8) is 0 Å². The van der Waals surface area contributed by atoms with Gasteiger partial charge in [0, 0.05) is 5.02 Å². The third-order valence-electron chi connectivity index (χ3n) is 3.34. The van der Waals surface area contributed by atoms with Crippen molar-refractivity contribution in [1.82, 2.24) is 5.32 Å². The predicted molar refractivity (Wildman–Crippen MR) is 83.6 cm³/mol. The van der Waals surface area contributed by atoms with E-state index in [0.29, 0.717) is 15.8 Å². The molecule has 0 aromatic heterocycles. The van der Waals surface area contributed by atoms with Gasteiger partial charge in [0.1, 0.15) is 11.3 Å². The summed E-state index contributed by atoms with van der Waals surface area (Å²) in [4.78, 5) is 12.1. The van der Waals surface area contributed by atoms with Gasteiger partial charge in [-0.1, -0.05) is 37.0 Å². The summed E-state index contributed by atoms with van der Waals surface area (Å²) in [6, 6.07) is 6.88. The number of benzene rings is 1. The van der Waals surface area contributed by atoms with Gasteiger partial charge in [0.15, 0.2) is 6.10 Å². The second-order valence-corrected chi connectivity index (χ2v) is 6.14. The van der Waals surface area contributed by atoms with Crippen molar-refractivity contribution in [1.29, 1.82) is 5.26 Å². The maximum Gasteiger partial charge on any atom is 0.262 e. The van der Waals surface area contributed by atoms with Gasteiger partial charge in [-0.05, 0) is 38.0 Å². The summed E-state index contributed by atoms with van der Waals surface area (Å²) in [5.74, 6) is -0.0385. The topological polar surface area (TPSA) is 62.1 Å². The average molecular weight is 329 g/mol. The van der Waals surface area contributed by atoms with Gasteiger partial charge in [-0.25, -0.2) is 0 Å². The van der Waals surface area contributed by atoms with E-state index in [1.54, 1.807) is 26.0 Å². The Balaban J connectivity index is 2.78. The number of ether oxygens (including phenoxy) is 1. The van der Waals surface area contributed by atoms with Gasteiger partial charge in [0.2, 0.25) is 0 Å². The number of halogens is 2. The largest absolute Gasteiger partial charge is 0.479 e. The molecule has 6 heteroatoms. The summed E-state index contributed by atoms with van der Waals surface area (Å²) in [6.45, 7) is 7.01. The van der Waals surface area contributed by atoms with Crippen LogP contribution in [-0.4, -0.2) is 17.6 Å². The smallest absolute Gasteiger partial charge is 0.262 e. The molecule has 0 aliphatic carbocycles. The summed E-state index contributed by atoms with van der Waals surface area (Å²) in [7, 11) is 0. The number of amides is 1. The normalized spacial score (nSPS) is 15.0. The molecule has 1 amide bonds. The van der Waals surface area contributed by atoms with E-state index in [1.165, 1.54) is 6.07 Å². The van der Waals surface area contributed by atoms with E-state index >= 15 is 0 Å². The Morgan fingerprint density at radius 3 is 2.48 bits per heavy atom. The maximum atomic E-state index is 12.1. The molecule has 1 unspecified atom stereocenters. The first-order chi connectivity index (χ1) is 9.69. The van der Waals surface area contributed by atoms with E-state index in [2.05, 4.69) is 11.4 Å². The number of hydrogen-bond acceptors (Lipinski definition) is 3. The molecule has 2 atom stereocenters. The quantitative estimate of drug-likeness (QED) is 0.893. The average Bonchev–Trinajstić information content (AvgIpc) is 2.41. The Labute approximate surface area is 135 Å². The molecule has 0 aliphatic heterocycles. The number of carbonyl (C=O) groups is 1. The van der Waals surface area contributed by atoms with E-state index in [4.69, 9.17) is 27.9 Å². The fraction of sp³-hybridized carbons (Fsp3) is 0.467. The molecular weight excluding hydrogens is 311 g/mol. The Morgan fingerprint density at radius 1 is 1.38 bits per heavy atom. The number of rotatable bonds is 5. The molecule has 1 N–H and O–H groups in total. The third kappa shape index (κ3) is 4.52. The van der Waals surface area contributed by atoms with Crippen LogP contribution in [0.15, 0.2) is 18.2 Å². The van der Waals surface area contributed by atoms with Gasteiger partial charge in [0.05, 0.1) is 11.1 Å². The van der Waals surface area contributed by atoms with Gasteiger partial charge in [0.25, 0.3) is 5.91 Å². The number of nitriles is 1. The molecule has 114 valence electrons. The molecule has 0 saturated carbocycles. The van der Waals surface area contributed by atoms with Crippen molar-refractivity contribution in [3.8, 4) is 11.8 Å². The van der Waals surface area contributed by atoms with Crippen molar-refractivity contribution < 1.29 is 9.53 Å². The highest BCUT2D eigenvalue weighted by Gasteiger charge is 2.32. The molecule has 1 aromatic carbocycles. The van der Waals surface area contributed by atoms with Crippen LogP contribution < -0.4 is 10.1 Å². The first-order valence-corrected chi connectivity index (χ1v) is 7.30. The lowest BCUT2D eigenvalue weighted by Crippen LogP contribution is -2.52. The number of nitrogens with one attached hydrogen (secondary N) is 1. The highest BCUT2D eigenvalue weighted by atomic mass is 35.5. The van der Waals surface area contributed by atoms with E-state index in [9.17, 15) is 10.1 Å². The van der Waals surface area contributed by atoms with Crippen LogP contribution >= 0.6 is 23.2 Å². The number of nitrogens with zero attached hydrogens (tertiary/aromatic N) is 1. The first kappa shape index (κ1) is 17.6. The zero-order valence-corrected chi connectivity index (χ0v) is 13.9. The van der Waals surface area contributed by atoms with Crippen molar-refractivity contribution in [2.45, 2.75) is 39.3 Å². The maximum absolute atomic E-state index is 12.1. The van der Waals surface area contributed by atoms with Crippen molar-refractivity contribution in [2.75, 3.05) is 0 Å². The summed E-state index contributed by atoms with van der Waals surface area (Å²) in [5, 5.41) is 12.7. The lowest BCUT2D eigenvalue weighted by molar-refractivity contribution is -0.128. The van der Waals surface area contributed by atoms with Crippen LogP contribution in [-0.2, 0) is 4.79 Å². The zero-order valence-electron chi connectivity index (χ0n) is 12.4. The van der Waals surface area contributed by atoms with Crippen LogP contribution in [0.1, 0.15) is 27.7 Å². The molecular formula is C15H18Cl2N2O2. The molecule has 1 aromatic rings. The Bertz CT molecular complexity index is 569. The molecule has 0 bridgehead atoms. The van der Waals surface area contributed by atoms with Crippen molar-refractivity contribution in [2.24, 2.45) is 5.92 Å². The van der Waals surface area contributed by atoms with Crippen LogP contribution in [0.5, 0.6) is 5.75 Å². The molecule has 0 saturated heterocycles. The molecule has 0 aliphatic rings. The van der Waals surface area contributed by atoms with Crippen LogP contribution in [0.25, 0.3) is 0 Å². The van der Waals surface area contributed by atoms with Crippen LogP contribution in [0.4, 0.5) is 0 Å². The standard InChI is InChI=1S/C15H18Cl2N2O2/c1-9(2)15(4,8-18)19-14(20)10(3)21-13-6-5-11(16)7-12(13)17/h5-7,9-10H,1-4H3,(H,19,20)/t10-,15?/m1/s1. The summed E-state index contributed by atoms with van der Waals surface area (Å²) < 4.78 is 5.52. The van der Waals surface area contributed by atoms with E-state index in [1.807, 2.05) is 13.8 Å². The highest BCUT2D eigenvalue weighted by molar-refractivity contribution is 6.35. The summed E-state index contributed by atoms with van der Waals surface area (Å²) in [6.07, 6.45) is -0.782. The fourth-order valence-electron chi connectivity index (χ4n) is 1.47. The summed E-state index contributed by atoms with van der Waals surface area (Å²) >= 11 is 11.8. The van der Waals surface area contributed by atoms with Gasteiger partial charge in [-0.3, -0.25) is 4.79 Å². The molecule has 0 spiro atoms. The molecule has 0 fully saturated rings. The Kier molecular flexibility index (Phi) is 5.88. The van der Waals surface area contributed by atoms with Gasteiger partial charge >= 0.3 is 0 Å². The SMILES string of the molecule is CC(C)C(C)(C#N)NC(=O)[C@@H](C)Oc1ccc(Cl)cc1Cl. The highest BCUT2D eigenvalue weighted by Crippen LogP contribution is 2.28. The van der Waals surface area contributed by atoms with Crippen molar-refractivity contribution >= 4 is 29.1 Å².